The topological polar surface area (TPSA) is 0 Å². The van der Waals surface area contributed by atoms with Crippen LogP contribution in [0.15, 0.2) is 10.9 Å². The van der Waals surface area contributed by atoms with Crippen LogP contribution in [0, 0.1) is 16.2 Å². The summed E-state index contributed by atoms with van der Waals surface area (Å²) >= 11 is 0. The number of allylic oxidation sites excluding steroid dienone is 2. The summed E-state index contributed by atoms with van der Waals surface area (Å²) in [4.78, 5) is 0. The van der Waals surface area contributed by atoms with E-state index >= 15 is 0 Å². The molecular formula is C19H36P2Si. The van der Waals surface area contributed by atoms with Crippen molar-refractivity contribution in [2.24, 2.45) is 16.2 Å². The molecule has 0 fully saturated rings. The van der Waals surface area contributed by atoms with E-state index in [0.29, 0.717) is 20.8 Å². The lowest BCUT2D eigenvalue weighted by Gasteiger charge is -2.70. The maximum atomic E-state index is 2.61. The van der Waals surface area contributed by atoms with Crippen LogP contribution in [0.5, 0.6) is 0 Å². The van der Waals surface area contributed by atoms with E-state index in [4.69, 9.17) is 0 Å². The summed E-state index contributed by atoms with van der Waals surface area (Å²) in [6.07, 6.45) is 0. The van der Waals surface area contributed by atoms with Crippen LogP contribution in [0.4, 0.5) is 0 Å². The predicted molar refractivity (Wildman–Crippen MR) is 110 cm³/mol. The molecular weight excluding hydrogens is 318 g/mol. The molecule has 0 radical (unpaired) electrons. The van der Waals surface area contributed by atoms with Gasteiger partial charge in [-0.2, -0.15) is 0 Å². The zero-order valence-corrected chi connectivity index (χ0v) is 19.7. The molecule has 2 heterocycles. The molecule has 0 N–H and O–H groups in total. The number of hydrogen-bond acceptors (Lipinski definition) is 0. The molecule has 0 aromatic heterocycles. The van der Waals surface area contributed by atoms with Crippen LogP contribution >= 0.6 is 16.1 Å². The van der Waals surface area contributed by atoms with Crippen LogP contribution in [0.2, 0.25) is 19.6 Å². The minimum absolute atomic E-state index is 0.0316. The highest BCUT2D eigenvalue weighted by atomic mass is 31.2. The average molecular weight is 355 g/mol. The molecule has 0 saturated heterocycles. The third kappa shape index (κ3) is 2.46. The summed E-state index contributed by atoms with van der Waals surface area (Å²) in [5.41, 5.74) is 2.87. The SMILES string of the molecule is CC(C)(C)C1=P[C@@]2([Si](C)(C)C)C(C(C)(C)C)=C(C(C)(C)C)P12. The van der Waals surface area contributed by atoms with Crippen molar-refractivity contribution >= 4 is 29.2 Å². The first kappa shape index (κ1) is 18.9. The van der Waals surface area contributed by atoms with E-state index in [1.165, 1.54) is 0 Å². The van der Waals surface area contributed by atoms with Crippen LogP contribution in [0.3, 0.4) is 0 Å². The van der Waals surface area contributed by atoms with Crippen molar-refractivity contribution in [3.63, 3.8) is 0 Å². The van der Waals surface area contributed by atoms with E-state index in [9.17, 15) is 0 Å². The fourth-order valence-electron chi connectivity index (χ4n) is 3.99. The molecule has 2 aliphatic rings. The monoisotopic (exact) mass is 354 g/mol. The van der Waals surface area contributed by atoms with Crippen molar-refractivity contribution in [2.75, 3.05) is 0 Å². The zero-order valence-electron chi connectivity index (χ0n) is 16.9. The first-order valence-electron chi connectivity index (χ1n) is 8.62. The van der Waals surface area contributed by atoms with Gasteiger partial charge in [-0.15, -0.1) is 0 Å². The van der Waals surface area contributed by atoms with E-state index in [-0.39, 0.29) is 7.92 Å². The molecule has 3 heteroatoms. The Hall–Kier alpha value is 0.557. The van der Waals surface area contributed by atoms with Crippen LogP contribution in [0.1, 0.15) is 62.3 Å². The van der Waals surface area contributed by atoms with Gasteiger partial charge in [0.1, 0.15) is 0 Å². The van der Waals surface area contributed by atoms with Crippen LogP contribution in [-0.4, -0.2) is 17.6 Å². The molecule has 0 aromatic rings. The van der Waals surface area contributed by atoms with Crippen LogP contribution in [0.25, 0.3) is 0 Å². The van der Waals surface area contributed by atoms with Gasteiger partial charge >= 0.3 is 0 Å². The molecule has 0 nitrogen and oxygen atoms in total. The molecule has 0 amide bonds. The van der Waals surface area contributed by atoms with Crippen molar-refractivity contribution in [1.82, 2.24) is 0 Å². The van der Waals surface area contributed by atoms with Crippen molar-refractivity contribution in [1.29, 1.82) is 0 Å². The molecule has 2 aliphatic heterocycles. The summed E-state index contributed by atoms with van der Waals surface area (Å²) < 4.78 is 0.575. The molecule has 0 aromatic carbocycles. The fourth-order valence-corrected chi connectivity index (χ4v) is 17.9. The summed E-state index contributed by atoms with van der Waals surface area (Å²) in [5, 5.41) is 3.71. The standard InChI is InChI=1S/C19H36P2Si/c1-16(2,3)13-14(17(4,5)6)21-15(18(7,8)9)20-19(13,21)22(10,11)12/h1-12H3/t19-,21?/m0/s1. The van der Waals surface area contributed by atoms with E-state index in [0.717, 1.165) is 0 Å². The Labute approximate surface area is 143 Å². The Morgan fingerprint density at radius 2 is 1.23 bits per heavy atom. The molecule has 1 unspecified atom stereocenters. The highest BCUT2D eigenvalue weighted by molar-refractivity contribution is 8.06. The van der Waals surface area contributed by atoms with Gasteiger partial charge in [-0.1, -0.05) is 90.2 Å². The normalized spacial score (nSPS) is 30.4. The Balaban J connectivity index is 2.73. The smallest absolute Gasteiger partial charge is 0.0720 e. The second kappa shape index (κ2) is 4.80. The number of hydrogen-bond donors (Lipinski definition) is 0. The lowest BCUT2D eigenvalue weighted by Crippen LogP contribution is -2.62. The summed E-state index contributed by atoms with van der Waals surface area (Å²) in [7, 11) is 0.409. The average Bonchev–Trinajstić information content (AvgIpc) is 2.12. The Kier molecular flexibility index (Phi) is 4.12. The Morgan fingerprint density at radius 3 is 1.50 bits per heavy atom. The first-order valence-corrected chi connectivity index (χ1v) is 14.4. The van der Waals surface area contributed by atoms with Gasteiger partial charge in [-0.25, -0.2) is 0 Å². The summed E-state index contributed by atoms with van der Waals surface area (Å²) in [6.45, 7) is 29.8. The van der Waals surface area contributed by atoms with E-state index in [2.05, 4.69) is 82.0 Å². The second-order valence-corrected chi connectivity index (χ2v) is 21.5. The quantitative estimate of drug-likeness (QED) is 0.337. The van der Waals surface area contributed by atoms with Gasteiger partial charge in [0.25, 0.3) is 0 Å². The van der Waals surface area contributed by atoms with Gasteiger partial charge in [-0.05, 0) is 40.1 Å². The largest absolute Gasteiger partial charge is 0.0861 e. The third-order valence-corrected chi connectivity index (χ3v) is 18.7. The van der Waals surface area contributed by atoms with Crippen LogP contribution < -0.4 is 0 Å². The van der Waals surface area contributed by atoms with Crippen LogP contribution in [-0.2, 0) is 0 Å². The molecule has 0 bridgehead atoms. The molecule has 0 saturated carbocycles. The molecule has 0 spiro atoms. The maximum Gasteiger partial charge on any atom is 0.0720 e. The first-order chi connectivity index (χ1) is 9.46. The van der Waals surface area contributed by atoms with Gasteiger partial charge < -0.3 is 0 Å². The number of fused-ring (bicyclic) bond motifs is 1. The fraction of sp³-hybridized carbons (Fsp3) is 0.842. The molecule has 126 valence electrons. The molecule has 2 rings (SSSR count). The second-order valence-electron chi connectivity index (χ2n) is 11.2. The minimum atomic E-state index is -1.25. The zero-order chi connectivity index (χ0) is 17.5. The third-order valence-electron chi connectivity index (χ3n) is 4.79. The van der Waals surface area contributed by atoms with Gasteiger partial charge in [0.05, 0.1) is 12.6 Å². The molecule has 2 atom stereocenters. The van der Waals surface area contributed by atoms with Gasteiger partial charge in [0.2, 0.25) is 0 Å². The molecule has 22 heavy (non-hydrogen) atoms. The summed E-state index contributed by atoms with van der Waals surface area (Å²) in [6, 6.07) is 0. The Morgan fingerprint density at radius 1 is 0.773 bits per heavy atom. The summed E-state index contributed by atoms with van der Waals surface area (Å²) in [5.74, 6) is 0. The van der Waals surface area contributed by atoms with Crippen molar-refractivity contribution in [3.05, 3.63) is 10.9 Å². The van der Waals surface area contributed by atoms with Gasteiger partial charge in [0, 0.05) is 0 Å². The highest BCUT2D eigenvalue weighted by Gasteiger charge is 2.70. The lowest BCUT2D eigenvalue weighted by molar-refractivity contribution is 0.441. The van der Waals surface area contributed by atoms with Crippen molar-refractivity contribution in [2.45, 2.75) is 86.5 Å². The number of rotatable bonds is 1. The maximum absolute atomic E-state index is 2.61. The van der Waals surface area contributed by atoms with Crippen molar-refractivity contribution in [3.8, 4) is 0 Å². The van der Waals surface area contributed by atoms with Gasteiger partial charge in [0.15, 0.2) is 0 Å². The Bertz CT molecular complexity index is 556. The van der Waals surface area contributed by atoms with E-state index in [1.54, 1.807) is 8.20 Å². The molecule has 0 aliphatic carbocycles. The van der Waals surface area contributed by atoms with E-state index < -0.39 is 8.07 Å². The minimum Gasteiger partial charge on any atom is -0.0861 e. The lowest BCUT2D eigenvalue weighted by atomic mass is 9.80. The van der Waals surface area contributed by atoms with E-state index in [1.807, 2.05) is 15.9 Å². The van der Waals surface area contributed by atoms with Gasteiger partial charge in [-0.3, -0.25) is 0 Å². The van der Waals surface area contributed by atoms with Crippen molar-refractivity contribution < 1.29 is 0 Å². The predicted octanol–water partition coefficient (Wildman–Crippen LogP) is 7.54. The highest BCUT2D eigenvalue weighted by Crippen LogP contribution is 2.90.